The number of hydrogen-bond donors (Lipinski definition) is 1. The molecule has 2 aromatic carbocycles. The molecule has 0 fully saturated rings. The van der Waals surface area contributed by atoms with Crippen LogP contribution in [0.15, 0.2) is 53.1 Å². The molecule has 0 radical (unpaired) electrons. The van der Waals surface area contributed by atoms with E-state index in [9.17, 15) is 13.6 Å². The van der Waals surface area contributed by atoms with Crippen molar-refractivity contribution in [2.24, 2.45) is 0 Å². The first kappa shape index (κ1) is 18.8. The molecule has 1 aromatic heterocycles. The van der Waals surface area contributed by atoms with E-state index in [1.54, 1.807) is 55.6 Å². The summed E-state index contributed by atoms with van der Waals surface area (Å²) < 4.78 is 35.4. The maximum Gasteiger partial charge on any atom is 0.400 e. The minimum atomic E-state index is -3.73. The predicted molar refractivity (Wildman–Crippen MR) is 95.3 cm³/mol. The van der Waals surface area contributed by atoms with Gasteiger partial charge in [0.05, 0.1) is 13.7 Å². The van der Waals surface area contributed by atoms with Gasteiger partial charge < -0.3 is 14.6 Å². The van der Waals surface area contributed by atoms with Gasteiger partial charge in [-0.2, -0.15) is 13.8 Å². The fourth-order valence-electron chi connectivity index (χ4n) is 2.25. The van der Waals surface area contributed by atoms with Crippen LogP contribution in [-0.4, -0.2) is 29.6 Å². The molecule has 3 aromatic rings. The summed E-state index contributed by atoms with van der Waals surface area (Å²) in [6, 6.07) is 13.4. The number of carbonyl (C=O) groups is 1. The summed E-state index contributed by atoms with van der Waals surface area (Å²) in [6.07, 6.45) is 0. The van der Waals surface area contributed by atoms with Crippen LogP contribution >= 0.6 is 11.6 Å². The minimum absolute atomic E-state index is 0.0410. The molecule has 9 heteroatoms. The third-order valence-corrected chi connectivity index (χ3v) is 3.84. The van der Waals surface area contributed by atoms with Gasteiger partial charge in [-0.25, -0.2) is 0 Å². The van der Waals surface area contributed by atoms with E-state index in [-0.39, 0.29) is 18.2 Å². The van der Waals surface area contributed by atoms with Crippen molar-refractivity contribution >= 4 is 23.1 Å². The number of anilines is 1. The van der Waals surface area contributed by atoms with Crippen molar-refractivity contribution in [1.29, 1.82) is 0 Å². The lowest BCUT2D eigenvalue weighted by molar-refractivity contribution is 0.0551. The van der Waals surface area contributed by atoms with Gasteiger partial charge >= 0.3 is 11.3 Å². The van der Waals surface area contributed by atoms with Crippen molar-refractivity contribution in [3.63, 3.8) is 0 Å². The van der Waals surface area contributed by atoms with Gasteiger partial charge in [-0.3, -0.25) is 4.79 Å². The highest BCUT2D eigenvalue weighted by molar-refractivity contribution is 6.21. The molecule has 0 unspecified atom stereocenters. The molecule has 0 amide bonds. The Labute approximate surface area is 158 Å². The van der Waals surface area contributed by atoms with Crippen LogP contribution < -0.4 is 10.1 Å². The van der Waals surface area contributed by atoms with Crippen molar-refractivity contribution in [2.45, 2.75) is 5.38 Å². The summed E-state index contributed by atoms with van der Waals surface area (Å²) in [5, 5.41) is 2.75. The normalized spacial score (nSPS) is 11.3. The van der Waals surface area contributed by atoms with E-state index in [1.165, 1.54) is 0 Å². The van der Waals surface area contributed by atoms with Crippen LogP contribution in [0, 0.1) is 0 Å². The largest absolute Gasteiger partial charge is 0.497 e. The molecule has 0 aliphatic heterocycles. The molecule has 140 valence electrons. The van der Waals surface area contributed by atoms with Gasteiger partial charge in [-0.1, -0.05) is 29.4 Å². The Morgan fingerprint density at radius 2 is 1.85 bits per heavy atom. The van der Waals surface area contributed by atoms with Gasteiger partial charge in [-0.15, -0.1) is 0 Å². The lowest BCUT2D eigenvalue weighted by Crippen LogP contribution is -2.13. The van der Waals surface area contributed by atoms with Crippen LogP contribution in [0.4, 0.5) is 14.5 Å². The molecule has 0 saturated heterocycles. The second-order valence-corrected chi connectivity index (χ2v) is 5.98. The number of methoxy groups -OCH3 is 1. The molecule has 0 bridgehead atoms. The van der Waals surface area contributed by atoms with Gasteiger partial charge in [0.1, 0.15) is 5.75 Å². The molecule has 6 nitrogen and oxygen atoms in total. The van der Waals surface area contributed by atoms with Crippen LogP contribution in [0.2, 0.25) is 0 Å². The lowest BCUT2D eigenvalue weighted by atomic mass is 10.1. The van der Waals surface area contributed by atoms with Gasteiger partial charge in [0, 0.05) is 16.8 Å². The zero-order valence-corrected chi connectivity index (χ0v) is 14.8. The van der Waals surface area contributed by atoms with Crippen molar-refractivity contribution in [3.8, 4) is 17.1 Å². The summed E-state index contributed by atoms with van der Waals surface area (Å²) in [5.74, 6) is -0.443. The Balaban J connectivity index is 1.63. The van der Waals surface area contributed by atoms with Gasteiger partial charge in [0.25, 0.3) is 0 Å². The molecular formula is C18H14ClF2N3O3. The van der Waals surface area contributed by atoms with Crippen LogP contribution in [0.25, 0.3) is 11.4 Å². The van der Waals surface area contributed by atoms with Crippen molar-refractivity contribution < 1.29 is 22.8 Å². The number of hydrogen-bond acceptors (Lipinski definition) is 6. The quantitative estimate of drug-likeness (QED) is 0.475. The van der Waals surface area contributed by atoms with Gasteiger partial charge in [0.15, 0.2) is 5.78 Å². The summed E-state index contributed by atoms with van der Waals surface area (Å²) in [7, 11) is 1.58. The van der Waals surface area contributed by atoms with Crippen LogP contribution in [-0.2, 0) is 5.38 Å². The second-order valence-electron chi connectivity index (χ2n) is 5.50. The second kappa shape index (κ2) is 7.71. The number of aromatic nitrogens is 2. The molecule has 0 spiro atoms. The highest BCUT2D eigenvalue weighted by atomic mass is 35.5. The number of nitrogens with one attached hydrogen (secondary N) is 1. The number of alkyl halides is 3. The molecule has 0 aliphatic rings. The predicted octanol–water partition coefficient (Wildman–Crippen LogP) is 4.33. The smallest absolute Gasteiger partial charge is 0.400 e. The standard InChI is InChI=1S/C18H14ClF2N3O3/c1-26-14-8-6-13(7-9-14)22-10-15(25)11-2-4-12(5-3-11)16-23-17(27-24-16)18(19,20)21/h2-9,22H,10H2,1H3. The topological polar surface area (TPSA) is 77.2 Å². The van der Waals surface area contributed by atoms with Gasteiger partial charge in [-0.05, 0) is 35.9 Å². The van der Waals surface area contributed by atoms with E-state index in [0.717, 1.165) is 11.4 Å². The highest BCUT2D eigenvalue weighted by Gasteiger charge is 2.35. The number of nitrogens with zero attached hydrogens (tertiary/aromatic N) is 2. The van der Waals surface area contributed by atoms with Crippen LogP contribution in [0.5, 0.6) is 5.75 Å². The SMILES string of the molecule is COc1ccc(NCC(=O)c2ccc(-c3noc(C(F)(F)Cl)n3)cc2)cc1. The molecule has 3 rings (SSSR count). The minimum Gasteiger partial charge on any atom is -0.497 e. The third kappa shape index (κ3) is 4.59. The molecular weight excluding hydrogens is 380 g/mol. The number of ketones is 1. The van der Waals surface area contributed by atoms with Crippen molar-refractivity contribution in [2.75, 3.05) is 19.0 Å². The summed E-state index contributed by atoms with van der Waals surface area (Å²) in [5.41, 5.74) is 1.65. The highest BCUT2D eigenvalue weighted by Crippen LogP contribution is 2.32. The Hall–Kier alpha value is -3.00. The molecule has 0 atom stereocenters. The van der Waals surface area contributed by atoms with E-state index in [0.29, 0.717) is 11.1 Å². The number of halogens is 3. The number of ether oxygens (including phenoxy) is 1. The van der Waals surface area contributed by atoms with E-state index in [2.05, 4.69) is 20.0 Å². The van der Waals surface area contributed by atoms with E-state index in [4.69, 9.17) is 16.3 Å². The van der Waals surface area contributed by atoms with E-state index >= 15 is 0 Å². The monoisotopic (exact) mass is 393 g/mol. The zero-order valence-electron chi connectivity index (χ0n) is 14.1. The Morgan fingerprint density at radius 1 is 1.19 bits per heavy atom. The van der Waals surface area contributed by atoms with Gasteiger partial charge in [0.2, 0.25) is 5.82 Å². The first-order valence-corrected chi connectivity index (χ1v) is 8.17. The molecule has 27 heavy (non-hydrogen) atoms. The van der Waals surface area contributed by atoms with Crippen molar-refractivity contribution in [3.05, 3.63) is 60.0 Å². The molecule has 1 N–H and O–H groups in total. The van der Waals surface area contributed by atoms with E-state index in [1.807, 2.05) is 0 Å². The maximum absolute atomic E-state index is 12.9. The molecule has 0 aliphatic carbocycles. The van der Waals surface area contributed by atoms with E-state index < -0.39 is 11.3 Å². The number of rotatable bonds is 7. The fourth-order valence-corrected chi connectivity index (χ4v) is 2.33. The Bertz CT molecular complexity index is 922. The zero-order chi connectivity index (χ0) is 19.4. The first-order chi connectivity index (χ1) is 12.9. The van der Waals surface area contributed by atoms with Crippen LogP contribution in [0.3, 0.4) is 0 Å². The summed E-state index contributed by atoms with van der Waals surface area (Å²) in [4.78, 5) is 15.8. The average molecular weight is 394 g/mol. The summed E-state index contributed by atoms with van der Waals surface area (Å²) in [6.45, 7) is 0.0938. The Morgan fingerprint density at radius 3 is 2.41 bits per heavy atom. The third-order valence-electron chi connectivity index (χ3n) is 3.68. The Kier molecular flexibility index (Phi) is 5.36. The average Bonchev–Trinajstić information content (AvgIpc) is 3.17. The van der Waals surface area contributed by atoms with Crippen LogP contribution in [0.1, 0.15) is 16.2 Å². The molecule has 0 saturated carbocycles. The number of carbonyl (C=O) groups excluding carboxylic acids is 1. The number of Topliss-reactive ketones (excluding diaryl/α,β-unsaturated/α-hetero) is 1. The number of benzene rings is 2. The maximum atomic E-state index is 12.9. The summed E-state index contributed by atoms with van der Waals surface area (Å²) >= 11 is 4.84. The molecule has 1 heterocycles. The van der Waals surface area contributed by atoms with Crippen molar-refractivity contribution in [1.82, 2.24) is 10.1 Å². The fraction of sp³-hybridized carbons (Fsp3) is 0.167. The lowest BCUT2D eigenvalue weighted by Gasteiger charge is -2.07. The first-order valence-electron chi connectivity index (χ1n) is 7.79.